The van der Waals surface area contributed by atoms with E-state index in [-0.39, 0.29) is 6.04 Å². The van der Waals surface area contributed by atoms with E-state index < -0.39 is 6.10 Å². The third-order valence-corrected chi connectivity index (χ3v) is 2.66. The third kappa shape index (κ3) is 1.49. The van der Waals surface area contributed by atoms with Gasteiger partial charge in [-0.05, 0) is 25.6 Å². The van der Waals surface area contributed by atoms with E-state index in [1.807, 2.05) is 32.2 Å². The van der Waals surface area contributed by atoms with E-state index in [1.165, 1.54) is 0 Å². The van der Waals surface area contributed by atoms with Gasteiger partial charge in [-0.15, -0.1) is 0 Å². The summed E-state index contributed by atoms with van der Waals surface area (Å²) in [6.07, 6.45) is -0.468. The van der Waals surface area contributed by atoms with E-state index in [9.17, 15) is 5.11 Å². The first kappa shape index (κ1) is 9.49. The maximum absolute atomic E-state index is 9.97. The van der Waals surface area contributed by atoms with E-state index >= 15 is 0 Å². The third-order valence-electron chi connectivity index (χ3n) is 2.66. The largest absolute Gasteiger partial charge is 0.491 e. The zero-order valence-corrected chi connectivity index (χ0v) is 8.45. The summed E-state index contributed by atoms with van der Waals surface area (Å²) in [7, 11) is 1.83. The average Bonchev–Trinajstić information content (AvgIpc) is 2.18. The lowest BCUT2D eigenvalue weighted by atomic mass is 9.98. The number of likely N-dealkylation sites (N-methyl/N-ethyl adjacent to an activating group) is 1. The van der Waals surface area contributed by atoms with E-state index in [4.69, 9.17) is 4.74 Å². The van der Waals surface area contributed by atoms with Gasteiger partial charge in [0.1, 0.15) is 18.5 Å². The van der Waals surface area contributed by atoms with E-state index in [1.54, 1.807) is 0 Å². The molecule has 0 bridgehead atoms. The predicted octanol–water partition coefficient (Wildman–Crippen LogP) is 1.01. The fourth-order valence-corrected chi connectivity index (χ4v) is 1.74. The summed E-state index contributed by atoms with van der Waals surface area (Å²) in [6.45, 7) is 2.54. The Morgan fingerprint density at radius 3 is 3.00 bits per heavy atom. The minimum Gasteiger partial charge on any atom is -0.491 e. The van der Waals surface area contributed by atoms with Crippen LogP contribution in [0.25, 0.3) is 0 Å². The fraction of sp³-hybridized carbons (Fsp3) is 0.455. The number of ether oxygens (including phenoxy) is 1. The highest BCUT2D eigenvalue weighted by Crippen LogP contribution is 2.32. The fourth-order valence-electron chi connectivity index (χ4n) is 1.74. The first-order valence-electron chi connectivity index (χ1n) is 4.81. The molecule has 0 spiro atoms. The zero-order valence-electron chi connectivity index (χ0n) is 8.45. The van der Waals surface area contributed by atoms with Crippen LogP contribution in [0.4, 0.5) is 0 Å². The van der Waals surface area contributed by atoms with Crippen LogP contribution in [0.5, 0.6) is 5.75 Å². The van der Waals surface area contributed by atoms with Crippen molar-refractivity contribution in [1.82, 2.24) is 5.32 Å². The number of nitrogens with one attached hydrogen (secondary N) is 1. The molecule has 3 nitrogen and oxygen atoms in total. The monoisotopic (exact) mass is 193 g/mol. The van der Waals surface area contributed by atoms with Crippen LogP contribution in [0, 0.1) is 6.92 Å². The lowest BCUT2D eigenvalue weighted by Crippen LogP contribution is -2.40. The molecular formula is C11H15NO2. The van der Waals surface area contributed by atoms with Crippen LogP contribution in [0.2, 0.25) is 0 Å². The number of hydrogen-bond donors (Lipinski definition) is 2. The molecule has 3 heteroatoms. The number of rotatable bonds is 1. The molecule has 0 fully saturated rings. The average molecular weight is 193 g/mol. The normalized spacial score (nSPS) is 25.4. The standard InChI is InChI=1S/C11H15NO2/c1-7-3-4-8-10(5-7)14-6-9(12-2)11(8)13/h3-5,9,11-13H,6H2,1-2H3. The van der Waals surface area contributed by atoms with Gasteiger partial charge in [-0.2, -0.15) is 0 Å². The first-order chi connectivity index (χ1) is 6.72. The topological polar surface area (TPSA) is 41.5 Å². The van der Waals surface area contributed by atoms with Crippen molar-refractivity contribution in [2.24, 2.45) is 0 Å². The van der Waals surface area contributed by atoms with Crippen molar-refractivity contribution in [1.29, 1.82) is 0 Å². The molecule has 0 aliphatic carbocycles. The summed E-state index contributed by atoms with van der Waals surface area (Å²) >= 11 is 0. The Morgan fingerprint density at radius 2 is 2.29 bits per heavy atom. The Kier molecular flexibility index (Phi) is 2.44. The van der Waals surface area contributed by atoms with Crippen molar-refractivity contribution in [3.63, 3.8) is 0 Å². The summed E-state index contributed by atoms with van der Waals surface area (Å²) in [5.41, 5.74) is 2.03. The van der Waals surface area contributed by atoms with E-state index in [0.717, 1.165) is 16.9 Å². The van der Waals surface area contributed by atoms with Crippen LogP contribution < -0.4 is 10.1 Å². The van der Waals surface area contributed by atoms with Gasteiger partial charge in [0.2, 0.25) is 0 Å². The lowest BCUT2D eigenvalue weighted by molar-refractivity contribution is 0.0773. The maximum atomic E-state index is 9.97. The molecular weight excluding hydrogens is 178 g/mol. The van der Waals surface area contributed by atoms with Crippen LogP contribution in [-0.4, -0.2) is 24.8 Å². The van der Waals surface area contributed by atoms with Crippen molar-refractivity contribution >= 4 is 0 Å². The molecule has 1 heterocycles. The van der Waals surface area contributed by atoms with Crippen molar-refractivity contribution in [2.45, 2.75) is 19.1 Å². The maximum Gasteiger partial charge on any atom is 0.125 e. The highest BCUT2D eigenvalue weighted by molar-refractivity contribution is 5.40. The Bertz CT molecular complexity index is 338. The SMILES string of the molecule is CNC1COc2cc(C)ccc2C1O. The molecule has 2 rings (SSSR count). The smallest absolute Gasteiger partial charge is 0.125 e. The quantitative estimate of drug-likeness (QED) is 0.699. The molecule has 0 saturated heterocycles. The Labute approximate surface area is 83.7 Å². The van der Waals surface area contributed by atoms with Crippen LogP contribution in [0.15, 0.2) is 18.2 Å². The van der Waals surface area contributed by atoms with Gasteiger partial charge in [0.05, 0.1) is 6.04 Å². The number of aryl methyl sites for hydroxylation is 1. The summed E-state index contributed by atoms with van der Waals surface area (Å²) in [5, 5.41) is 13.0. The number of aliphatic hydroxyl groups excluding tert-OH is 1. The van der Waals surface area contributed by atoms with Gasteiger partial charge in [0.25, 0.3) is 0 Å². The van der Waals surface area contributed by atoms with Gasteiger partial charge in [-0.25, -0.2) is 0 Å². The molecule has 0 radical (unpaired) electrons. The number of fused-ring (bicyclic) bond motifs is 1. The Morgan fingerprint density at radius 1 is 1.50 bits per heavy atom. The van der Waals surface area contributed by atoms with E-state index in [2.05, 4.69) is 5.32 Å². The highest BCUT2D eigenvalue weighted by Gasteiger charge is 2.27. The molecule has 0 amide bonds. The number of benzene rings is 1. The van der Waals surface area contributed by atoms with Crippen molar-refractivity contribution in [3.05, 3.63) is 29.3 Å². The Balaban J connectivity index is 2.36. The molecule has 0 aromatic heterocycles. The van der Waals surface area contributed by atoms with Crippen molar-refractivity contribution < 1.29 is 9.84 Å². The van der Waals surface area contributed by atoms with Crippen LogP contribution in [0.3, 0.4) is 0 Å². The van der Waals surface area contributed by atoms with Crippen LogP contribution in [-0.2, 0) is 0 Å². The van der Waals surface area contributed by atoms with Crippen LogP contribution in [0.1, 0.15) is 17.2 Å². The molecule has 1 aromatic rings. The van der Waals surface area contributed by atoms with Gasteiger partial charge >= 0.3 is 0 Å². The van der Waals surface area contributed by atoms with Gasteiger partial charge < -0.3 is 15.2 Å². The minimum absolute atomic E-state index is 0.00907. The molecule has 1 aromatic carbocycles. The molecule has 14 heavy (non-hydrogen) atoms. The number of aliphatic hydroxyl groups is 1. The van der Waals surface area contributed by atoms with Gasteiger partial charge in [0, 0.05) is 5.56 Å². The van der Waals surface area contributed by atoms with Gasteiger partial charge in [0.15, 0.2) is 0 Å². The predicted molar refractivity (Wildman–Crippen MR) is 54.5 cm³/mol. The molecule has 0 saturated carbocycles. The second kappa shape index (κ2) is 3.59. The van der Waals surface area contributed by atoms with Gasteiger partial charge in [-0.3, -0.25) is 0 Å². The number of hydrogen-bond acceptors (Lipinski definition) is 3. The lowest BCUT2D eigenvalue weighted by Gasteiger charge is -2.30. The minimum atomic E-state index is -0.468. The van der Waals surface area contributed by atoms with Crippen LogP contribution >= 0.6 is 0 Å². The summed E-state index contributed by atoms with van der Waals surface area (Å²) in [6, 6.07) is 5.87. The molecule has 2 N–H and O–H groups in total. The molecule has 1 aliphatic heterocycles. The summed E-state index contributed by atoms with van der Waals surface area (Å²) < 4.78 is 5.56. The zero-order chi connectivity index (χ0) is 10.1. The first-order valence-corrected chi connectivity index (χ1v) is 4.81. The highest BCUT2D eigenvalue weighted by atomic mass is 16.5. The molecule has 2 unspecified atom stereocenters. The molecule has 76 valence electrons. The summed E-state index contributed by atoms with van der Waals surface area (Å²) in [5.74, 6) is 0.809. The molecule has 2 atom stereocenters. The van der Waals surface area contributed by atoms with E-state index in [0.29, 0.717) is 6.61 Å². The Hall–Kier alpha value is -1.06. The second-order valence-corrected chi connectivity index (χ2v) is 3.69. The van der Waals surface area contributed by atoms with Crippen molar-refractivity contribution in [2.75, 3.05) is 13.7 Å². The summed E-state index contributed by atoms with van der Waals surface area (Å²) in [4.78, 5) is 0. The van der Waals surface area contributed by atoms with Gasteiger partial charge in [-0.1, -0.05) is 12.1 Å². The second-order valence-electron chi connectivity index (χ2n) is 3.69. The van der Waals surface area contributed by atoms with Crippen molar-refractivity contribution in [3.8, 4) is 5.75 Å². The molecule has 1 aliphatic rings.